The highest BCUT2D eigenvalue weighted by Crippen LogP contribution is 2.33. The first-order chi connectivity index (χ1) is 8.56. The van der Waals surface area contributed by atoms with E-state index in [1.54, 1.807) is 0 Å². The van der Waals surface area contributed by atoms with Gasteiger partial charge >= 0.3 is 5.69 Å². The van der Waals surface area contributed by atoms with Gasteiger partial charge in [-0.1, -0.05) is 0 Å². The maximum atomic E-state index is 11.1. The molecule has 1 aromatic rings. The lowest BCUT2D eigenvalue weighted by Gasteiger charge is -2.23. The van der Waals surface area contributed by atoms with Crippen molar-refractivity contribution in [1.82, 2.24) is 9.97 Å². The van der Waals surface area contributed by atoms with Crippen LogP contribution < -0.4 is 10.1 Å². The second kappa shape index (κ2) is 4.73. The van der Waals surface area contributed by atoms with E-state index in [9.17, 15) is 10.1 Å². The molecule has 0 saturated carbocycles. The first-order valence-electron chi connectivity index (χ1n) is 5.45. The van der Waals surface area contributed by atoms with Crippen LogP contribution >= 0.6 is 0 Å². The Kier molecular flexibility index (Phi) is 3.28. The summed E-state index contributed by atoms with van der Waals surface area (Å²) in [5.74, 6) is 0.0971. The van der Waals surface area contributed by atoms with Crippen molar-refractivity contribution in [3.05, 3.63) is 16.4 Å². The van der Waals surface area contributed by atoms with Crippen molar-refractivity contribution >= 4 is 11.5 Å². The quantitative estimate of drug-likeness (QED) is 0.631. The zero-order valence-electron chi connectivity index (χ0n) is 10.2. The highest BCUT2D eigenvalue weighted by molar-refractivity contribution is 5.62. The third-order valence-corrected chi connectivity index (χ3v) is 2.80. The van der Waals surface area contributed by atoms with Crippen molar-refractivity contribution in [3.63, 3.8) is 0 Å². The van der Waals surface area contributed by atoms with E-state index in [-0.39, 0.29) is 22.9 Å². The first-order valence-corrected chi connectivity index (χ1v) is 5.45. The number of methoxy groups -OCH3 is 1. The molecule has 1 aliphatic heterocycles. The average Bonchev–Trinajstić information content (AvgIpc) is 2.75. The van der Waals surface area contributed by atoms with E-state index in [0.29, 0.717) is 13.2 Å². The third kappa shape index (κ3) is 2.33. The number of nitro groups is 1. The molecule has 0 radical (unpaired) electrons. The van der Waals surface area contributed by atoms with Gasteiger partial charge in [0.1, 0.15) is 6.33 Å². The van der Waals surface area contributed by atoms with Gasteiger partial charge in [0.25, 0.3) is 5.88 Å². The summed E-state index contributed by atoms with van der Waals surface area (Å²) in [7, 11) is 1.33. The molecule has 0 spiro atoms. The monoisotopic (exact) mass is 254 g/mol. The number of nitrogens with one attached hydrogen (secondary N) is 1. The summed E-state index contributed by atoms with van der Waals surface area (Å²) in [5, 5.41) is 14.1. The molecule has 1 N–H and O–H groups in total. The summed E-state index contributed by atoms with van der Waals surface area (Å²) < 4.78 is 10.2. The van der Waals surface area contributed by atoms with Crippen LogP contribution in [0.1, 0.15) is 13.3 Å². The van der Waals surface area contributed by atoms with Gasteiger partial charge < -0.3 is 14.8 Å². The minimum Gasteiger partial charge on any atom is -0.476 e. The molecule has 1 atom stereocenters. The Morgan fingerprint density at radius 3 is 2.94 bits per heavy atom. The Labute approximate surface area is 103 Å². The van der Waals surface area contributed by atoms with Crippen LogP contribution in [0.4, 0.5) is 11.5 Å². The van der Waals surface area contributed by atoms with Crippen LogP contribution in [0.5, 0.6) is 5.88 Å². The van der Waals surface area contributed by atoms with Crippen LogP contribution in [0.25, 0.3) is 0 Å². The largest absolute Gasteiger partial charge is 0.476 e. The maximum Gasteiger partial charge on any atom is 0.372 e. The highest BCUT2D eigenvalue weighted by Gasteiger charge is 2.34. The predicted octanol–water partition coefficient (Wildman–Crippen LogP) is 0.984. The molecule has 1 aliphatic rings. The summed E-state index contributed by atoms with van der Waals surface area (Å²) in [4.78, 5) is 18.1. The van der Waals surface area contributed by atoms with Gasteiger partial charge in [-0.05, 0) is 13.3 Å². The van der Waals surface area contributed by atoms with Crippen molar-refractivity contribution in [2.45, 2.75) is 18.9 Å². The molecule has 1 fully saturated rings. The summed E-state index contributed by atoms with van der Waals surface area (Å²) in [5.41, 5.74) is -0.613. The van der Waals surface area contributed by atoms with E-state index in [1.807, 2.05) is 6.92 Å². The Bertz CT molecular complexity index is 459. The smallest absolute Gasteiger partial charge is 0.372 e. The van der Waals surface area contributed by atoms with E-state index in [2.05, 4.69) is 15.3 Å². The number of aromatic nitrogens is 2. The molecular formula is C10H14N4O4. The summed E-state index contributed by atoms with van der Waals surface area (Å²) >= 11 is 0. The number of anilines is 1. The van der Waals surface area contributed by atoms with E-state index >= 15 is 0 Å². The molecule has 0 amide bonds. The summed E-state index contributed by atoms with van der Waals surface area (Å²) in [6.07, 6.45) is 1.99. The van der Waals surface area contributed by atoms with Gasteiger partial charge in [0.2, 0.25) is 5.82 Å². The van der Waals surface area contributed by atoms with Gasteiger partial charge in [-0.3, -0.25) is 10.1 Å². The van der Waals surface area contributed by atoms with E-state index in [0.717, 1.165) is 6.42 Å². The lowest BCUT2D eigenvalue weighted by molar-refractivity contribution is -0.385. The molecule has 8 heteroatoms. The van der Waals surface area contributed by atoms with Gasteiger partial charge in [0.05, 0.1) is 24.2 Å². The van der Waals surface area contributed by atoms with Gasteiger partial charge in [0.15, 0.2) is 0 Å². The molecule has 1 saturated heterocycles. The van der Waals surface area contributed by atoms with Crippen molar-refractivity contribution in [1.29, 1.82) is 0 Å². The van der Waals surface area contributed by atoms with E-state index < -0.39 is 4.92 Å². The molecular weight excluding hydrogens is 240 g/mol. The third-order valence-electron chi connectivity index (χ3n) is 2.80. The van der Waals surface area contributed by atoms with E-state index in [1.165, 1.54) is 13.4 Å². The number of hydrogen-bond donors (Lipinski definition) is 1. The summed E-state index contributed by atoms with van der Waals surface area (Å²) in [6, 6.07) is 0. The molecule has 8 nitrogen and oxygen atoms in total. The number of nitrogens with zero attached hydrogens (tertiary/aromatic N) is 3. The van der Waals surface area contributed by atoms with Crippen LogP contribution in [0, 0.1) is 10.1 Å². The van der Waals surface area contributed by atoms with Crippen LogP contribution in [-0.2, 0) is 4.74 Å². The highest BCUT2D eigenvalue weighted by atomic mass is 16.6. The SMILES string of the molecule is COc1ncnc(NC2(C)CCOC2)c1[N+](=O)[O-]. The number of ether oxygens (including phenoxy) is 2. The van der Waals surface area contributed by atoms with Gasteiger partial charge in [-0.2, -0.15) is 4.98 Å². The van der Waals surface area contributed by atoms with Gasteiger partial charge in [-0.15, -0.1) is 0 Å². The molecule has 0 aliphatic carbocycles. The molecule has 0 bridgehead atoms. The minimum absolute atomic E-state index is 0.0555. The first kappa shape index (κ1) is 12.5. The van der Waals surface area contributed by atoms with E-state index in [4.69, 9.17) is 9.47 Å². The molecule has 2 heterocycles. The molecule has 18 heavy (non-hydrogen) atoms. The normalized spacial score (nSPS) is 22.8. The molecule has 1 unspecified atom stereocenters. The Morgan fingerprint density at radius 1 is 1.61 bits per heavy atom. The molecule has 0 aromatic carbocycles. The Balaban J connectivity index is 2.35. The second-order valence-corrected chi connectivity index (χ2v) is 4.33. The maximum absolute atomic E-state index is 11.1. The lowest BCUT2D eigenvalue weighted by atomic mass is 10.0. The Morgan fingerprint density at radius 2 is 2.39 bits per heavy atom. The lowest BCUT2D eigenvalue weighted by Crippen LogP contribution is -2.35. The average molecular weight is 254 g/mol. The standard InChI is InChI=1S/C10H14N4O4/c1-10(3-4-18-5-10)13-8-7(14(15)16)9(17-2)12-6-11-8/h6H,3-5H2,1-2H3,(H,11,12,13). The van der Waals surface area contributed by atoms with Crippen molar-refractivity contribution in [2.75, 3.05) is 25.6 Å². The minimum atomic E-state index is -0.555. The fourth-order valence-electron chi connectivity index (χ4n) is 1.82. The van der Waals surface area contributed by atoms with Crippen LogP contribution in [0.3, 0.4) is 0 Å². The predicted molar refractivity (Wildman–Crippen MR) is 62.7 cm³/mol. The molecule has 98 valence electrons. The second-order valence-electron chi connectivity index (χ2n) is 4.33. The number of rotatable bonds is 4. The van der Waals surface area contributed by atoms with Crippen molar-refractivity contribution in [3.8, 4) is 5.88 Å². The fraction of sp³-hybridized carbons (Fsp3) is 0.600. The molecule has 1 aromatic heterocycles. The Hall–Kier alpha value is -1.96. The van der Waals surface area contributed by atoms with Gasteiger partial charge in [-0.25, -0.2) is 4.98 Å². The topological polar surface area (TPSA) is 99.4 Å². The summed E-state index contributed by atoms with van der Waals surface area (Å²) in [6.45, 7) is 3.04. The molecule has 2 rings (SSSR count). The van der Waals surface area contributed by atoms with Crippen molar-refractivity contribution < 1.29 is 14.4 Å². The van der Waals surface area contributed by atoms with Crippen LogP contribution in [0.15, 0.2) is 6.33 Å². The van der Waals surface area contributed by atoms with Gasteiger partial charge in [0, 0.05) is 6.61 Å². The van der Waals surface area contributed by atoms with Crippen LogP contribution in [0.2, 0.25) is 0 Å². The van der Waals surface area contributed by atoms with Crippen LogP contribution in [-0.4, -0.2) is 40.8 Å². The fourth-order valence-corrected chi connectivity index (χ4v) is 1.82. The van der Waals surface area contributed by atoms with Crippen molar-refractivity contribution in [2.24, 2.45) is 0 Å². The zero-order chi connectivity index (χ0) is 13.2. The zero-order valence-corrected chi connectivity index (χ0v) is 10.2. The number of hydrogen-bond acceptors (Lipinski definition) is 7.